The van der Waals surface area contributed by atoms with Gasteiger partial charge < -0.3 is 15.7 Å². The number of rotatable bonds is 2. The quantitative estimate of drug-likeness (QED) is 0.767. The molecular weight excluding hydrogens is 198 g/mol. The van der Waals surface area contributed by atoms with Gasteiger partial charge in [0.15, 0.2) is 5.13 Å². The Morgan fingerprint density at radius 3 is 3.14 bits per heavy atom. The summed E-state index contributed by atoms with van der Waals surface area (Å²) in [5, 5.41) is 10.9. The highest BCUT2D eigenvalue weighted by molar-refractivity contribution is 7.19. The first-order chi connectivity index (χ1) is 6.72. The van der Waals surface area contributed by atoms with Crippen molar-refractivity contribution in [2.45, 2.75) is 19.4 Å². The molecule has 0 radical (unpaired) electrons. The zero-order valence-electron chi connectivity index (χ0n) is 8.18. The first-order valence-electron chi connectivity index (χ1n) is 4.81. The van der Waals surface area contributed by atoms with Crippen molar-refractivity contribution in [1.29, 1.82) is 0 Å². The first-order valence-corrected chi connectivity index (χ1v) is 5.63. The van der Waals surface area contributed by atoms with Crippen molar-refractivity contribution in [1.82, 2.24) is 4.98 Å². The van der Waals surface area contributed by atoms with Gasteiger partial charge in [-0.3, -0.25) is 0 Å². The summed E-state index contributed by atoms with van der Waals surface area (Å²) < 4.78 is 0. The van der Waals surface area contributed by atoms with Gasteiger partial charge in [-0.15, -0.1) is 0 Å². The standard InChI is InChI=1S/C9H15N3OS/c1-6-2-3-12(7(6)5-13)9-11-4-8(10)14-9/h4,6-7,13H,2-3,5,10H2,1H3. The van der Waals surface area contributed by atoms with Crippen molar-refractivity contribution in [3.63, 3.8) is 0 Å². The van der Waals surface area contributed by atoms with E-state index < -0.39 is 0 Å². The van der Waals surface area contributed by atoms with E-state index in [1.54, 1.807) is 6.20 Å². The number of hydrogen-bond donors (Lipinski definition) is 2. The van der Waals surface area contributed by atoms with Crippen molar-refractivity contribution >= 4 is 21.5 Å². The molecule has 2 heterocycles. The van der Waals surface area contributed by atoms with Crippen molar-refractivity contribution in [3.05, 3.63) is 6.20 Å². The largest absolute Gasteiger partial charge is 0.394 e. The Hall–Kier alpha value is -0.810. The van der Waals surface area contributed by atoms with Gasteiger partial charge in [-0.25, -0.2) is 4.98 Å². The number of aromatic nitrogens is 1. The number of aliphatic hydroxyl groups excluding tert-OH is 1. The number of nitrogens with zero attached hydrogens (tertiary/aromatic N) is 2. The number of aliphatic hydroxyl groups is 1. The maximum absolute atomic E-state index is 9.28. The predicted molar refractivity (Wildman–Crippen MR) is 58.5 cm³/mol. The molecule has 0 amide bonds. The van der Waals surface area contributed by atoms with Crippen LogP contribution in [0.15, 0.2) is 6.20 Å². The second kappa shape index (κ2) is 3.74. The van der Waals surface area contributed by atoms with Crippen LogP contribution in [0, 0.1) is 5.92 Å². The van der Waals surface area contributed by atoms with E-state index in [4.69, 9.17) is 5.73 Å². The van der Waals surface area contributed by atoms with Crippen molar-refractivity contribution in [2.24, 2.45) is 5.92 Å². The van der Waals surface area contributed by atoms with Gasteiger partial charge in [-0.1, -0.05) is 18.3 Å². The van der Waals surface area contributed by atoms with Crippen LogP contribution in [0.1, 0.15) is 13.3 Å². The van der Waals surface area contributed by atoms with E-state index in [2.05, 4.69) is 16.8 Å². The van der Waals surface area contributed by atoms with Crippen molar-refractivity contribution in [2.75, 3.05) is 23.8 Å². The fourth-order valence-corrected chi connectivity index (χ4v) is 2.70. The summed E-state index contributed by atoms with van der Waals surface area (Å²) in [5.41, 5.74) is 5.63. The Kier molecular flexibility index (Phi) is 2.60. The van der Waals surface area contributed by atoms with E-state index in [1.165, 1.54) is 11.3 Å². The molecule has 0 saturated carbocycles. The smallest absolute Gasteiger partial charge is 0.187 e. The third-order valence-corrected chi connectivity index (χ3v) is 3.69. The minimum atomic E-state index is 0.195. The summed E-state index contributed by atoms with van der Waals surface area (Å²) in [4.78, 5) is 6.40. The summed E-state index contributed by atoms with van der Waals surface area (Å²) in [6.45, 7) is 3.33. The van der Waals surface area contributed by atoms with E-state index in [9.17, 15) is 5.11 Å². The Balaban J connectivity index is 2.18. The first kappa shape index (κ1) is 9.73. The minimum Gasteiger partial charge on any atom is -0.394 e. The van der Waals surface area contributed by atoms with Crippen LogP contribution in [0.2, 0.25) is 0 Å². The van der Waals surface area contributed by atoms with Crippen LogP contribution in [0.4, 0.5) is 10.1 Å². The normalized spacial score (nSPS) is 27.1. The molecule has 3 N–H and O–H groups in total. The Morgan fingerprint density at radius 2 is 2.57 bits per heavy atom. The molecule has 0 aromatic carbocycles. The summed E-state index contributed by atoms with van der Waals surface area (Å²) in [6.07, 6.45) is 2.79. The lowest BCUT2D eigenvalue weighted by Gasteiger charge is -2.24. The van der Waals surface area contributed by atoms with Crippen molar-refractivity contribution < 1.29 is 5.11 Å². The molecule has 5 heteroatoms. The monoisotopic (exact) mass is 213 g/mol. The molecule has 1 aliphatic rings. The molecule has 0 bridgehead atoms. The molecule has 1 fully saturated rings. The third kappa shape index (κ3) is 1.57. The van der Waals surface area contributed by atoms with E-state index in [0.29, 0.717) is 5.92 Å². The van der Waals surface area contributed by atoms with E-state index >= 15 is 0 Å². The summed E-state index contributed by atoms with van der Waals surface area (Å²) in [5.74, 6) is 0.533. The Morgan fingerprint density at radius 1 is 1.79 bits per heavy atom. The highest BCUT2D eigenvalue weighted by Gasteiger charge is 2.31. The number of hydrogen-bond acceptors (Lipinski definition) is 5. The highest BCUT2D eigenvalue weighted by atomic mass is 32.1. The molecule has 2 unspecified atom stereocenters. The van der Waals surface area contributed by atoms with E-state index in [1.807, 2.05) is 0 Å². The van der Waals surface area contributed by atoms with Gasteiger partial charge in [0.2, 0.25) is 0 Å². The zero-order chi connectivity index (χ0) is 10.1. The van der Waals surface area contributed by atoms with Crippen LogP contribution >= 0.6 is 11.3 Å². The van der Waals surface area contributed by atoms with Gasteiger partial charge in [0.25, 0.3) is 0 Å². The summed E-state index contributed by atoms with van der Waals surface area (Å²) >= 11 is 1.49. The van der Waals surface area contributed by atoms with Crippen molar-refractivity contribution in [3.8, 4) is 0 Å². The predicted octanol–water partition coefficient (Wildman–Crippen LogP) is 0.932. The van der Waals surface area contributed by atoms with E-state index in [0.717, 1.165) is 23.1 Å². The molecule has 14 heavy (non-hydrogen) atoms. The van der Waals surface area contributed by atoms with Gasteiger partial charge in [0.1, 0.15) is 5.00 Å². The van der Waals surface area contributed by atoms with Crippen LogP contribution in [0.5, 0.6) is 0 Å². The lowest BCUT2D eigenvalue weighted by molar-refractivity contribution is 0.244. The van der Waals surface area contributed by atoms with E-state index in [-0.39, 0.29) is 12.6 Å². The van der Waals surface area contributed by atoms with Gasteiger partial charge >= 0.3 is 0 Å². The SMILES string of the molecule is CC1CCN(c2ncc(N)s2)C1CO. The fourth-order valence-electron chi connectivity index (χ4n) is 1.93. The molecule has 4 nitrogen and oxygen atoms in total. The second-order valence-electron chi connectivity index (χ2n) is 3.75. The summed E-state index contributed by atoms with van der Waals surface area (Å²) in [7, 11) is 0. The maximum atomic E-state index is 9.28. The lowest BCUT2D eigenvalue weighted by Crippen LogP contribution is -2.34. The van der Waals surface area contributed by atoms with Crippen LogP contribution in [-0.4, -0.2) is 29.3 Å². The molecule has 0 aliphatic carbocycles. The van der Waals surface area contributed by atoms with Gasteiger partial charge in [0.05, 0.1) is 18.8 Å². The highest BCUT2D eigenvalue weighted by Crippen LogP contribution is 2.32. The number of nitrogen functional groups attached to an aromatic ring is 1. The topological polar surface area (TPSA) is 62.4 Å². The van der Waals surface area contributed by atoms with Crippen LogP contribution in [0.25, 0.3) is 0 Å². The molecule has 1 aliphatic heterocycles. The van der Waals surface area contributed by atoms with Gasteiger partial charge in [-0.05, 0) is 12.3 Å². The molecular formula is C9H15N3OS. The summed E-state index contributed by atoms with van der Waals surface area (Å²) in [6, 6.07) is 0.209. The van der Waals surface area contributed by atoms with Gasteiger partial charge in [-0.2, -0.15) is 0 Å². The van der Waals surface area contributed by atoms with Gasteiger partial charge in [0, 0.05) is 6.54 Å². The fraction of sp³-hybridized carbons (Fsp3) is 0.667. The average molecular weight is 213 g/mol. The molecule has 2 atom stereocenters. The molecule has 1 aromatic rings. The number of anilines is 2. The Bertz CT molecular complexity index is 315. The molecule has 0 spiro atoms. The third-order valence-electron chi connectivity index (χ3n) is 2.83. The molecule has 2 rings (SSSR count). The van der Waals surface area contributed by atoms with Crippen LogP contribution in [0.3, 0.4) is 0 Å². The van der Waals surface area contributed by atoms with Crippen LogP contribution in [-0.2, 0) is 0 Å². The van der Waals surface area contributed by atoms with Crippen LogP contribution < -0.4 is 10.6 Å². The molecule has 1 aromatic heterocycles. The molecule has 78 valence electrons. The zero-order valence-corrected chi connectivity index (χ0v) is 9.00. The Labute approximate surface area is 87.4 Å². The number of thiazole rings is 1. The number of nitrogens with two attached hydrogens (primary N) is 1. The lowest BCUT2D eigenvalue weighted by atomic mass is 10.0. The average Bonchev–Trinajstić information content (AvgIpc) is 2.71. The maximum Gasteiger partial charge on any atom is 0.187 e. The second-order valence-corrected chi connectivity index (χ2v) is 4.80. The minimum absolute atomic E-state index is 0.195. The molecule has 1 saturated heterocycles.